The van der Waals surface area contributed by atoms with Gasteiger partial charge in [0.1, 0.15) is 0 Å². The molecule has 3 heterocycles. The summed E-state index contributed by atoms with van der Waals surface area (Å²) >= 11 is 0. The van der Waals surface area contributed by atoms with Crippen molar-refractivity contribution in [1.82, 2.24) is 4.90 Å². The van der Waals surface area contributed by atoms with Gasteiger partial charge in [-0.2, -0.15) is 0 Å². The van der Waals surface area contributed by atoms with E-state index in [1.165, 1.54) is 11.1 Å². The molecule has 0 aromatic heterocycles. The van der Waals surface area contributed by atoms with Crippen LogP contribution in [0.2, 0.25) is 0 Å². The maximum absolute atomic E-state index is 14.0. The Morgan fingerprint density at radius 1 is 1.16 bits per heavy atom. The van der Waals surface area contributed by atoms with Crippen LogP contribution >= 0.6 is 0 Å². The first kappa shape index (κ1) is 23.7. The van der Waals surface area contributed by atoms with E-state index in [0.717, 1.165) is 57.4 Å². The lowest BCUT2D eigenvalue weighted by Crippen LogP contribution is -2.73. The molecule has 3 aliphatic heterocycles. The first-order valence-corrected chi connectivity index (χ1v) is 14.1. The molecule has 0 amide bonds. The average Bonchev–Trinajstić information content (AvgIpc) is 3.53. The number of ketones is 1. The summed E-state index contributed by atoms with van der Waals surface area (Å²) in [4.78, 5) is 16.7. The molecule has 3 fully saturated rings. The van der Waals surface area contributed by atoms with Crippen LogP contribution in [0.25, 0.3) is 0 Å². The normalized spacial score (nSPS) is 35.6. The van der Waals surface area contributed by atoms with E-state index in [4.69, 9.17) is 14.2 Å². The maximum atomic E-state index is 14.0. The second kappa shape index (κ2) is 8.55. The van der Waals surface area contributed by atoms with Gasteiger partial charge in [-0.15, -0.1) is 0 Å². The number of phenolic OH excluding ortho intramolecular Hbond substituents is 1. The summed E-state index contributed by atoms with van der Waals surface area (Å²) in [6.45, 7) is 6.89. The van der Waals surface area contributed by atoms with Crippen LogP contribution in [0.1, 0.15) is 68.6 Å². The molecule has 2 aromatic rings. The lowest BCUT2D eigenvalue weighted by atomic mass is 9.50. The Kier molecular flexibility index (Phi) is 5.47. The van der Waals surface area contributed by atoms with Crippen molar-refractivity contribution >= 4 is 5.78 Å². The lowest BCUT2D eigenvalue weighted by Gasteiger charge is -2.61. The maximum Gasteiger partial charge on any atom is 0.281 e. The molecule has 2 bridgehead atoms. The quantitative estimate of drug-likeness (QED) is 0.616. The van der Waals surface area contributed by atoms with Crippen LogP contribution in [-0.4, -0.2) is 59.5 Å². The Hall–Kier alpha value is -2.41. The molecule has 196 valence electrons. The summed E-state index contributed by atoms with van der Waals surface area (Å²) in [7, 11) is 0. The van der Waals surface area contributed by atoms with E-state index in [0.29, 0.717) is 24.3 Å². The highest BCUT2D eigenvalue weighted by Crippen LogP contribution is 2.67. The third kappa shape index (κ3) is 3.25. The van der Waals surface area contributed by atoms with Gasteiger partial charge in [0.05, 0.1) is 17.6 Å². The number of hydrogen-bond acceptors (Lipinski definition) is 6. The number of carbonyl (C=O) groups excluding carboxylic acids is 1. The van der Waals surface area contributed by atoms with Gasteiger partial charge in [-0.1, -0.05) is 43.3 Å². The van der Waals surface area contributed by atoms with Gasteiger partial charge in [-0.3, -0.25) is 9.69 Å². The molecule has 6 heteroatoms. The summed E-state index contributed by atoms with van der Waals surface area (Å²) in [6, 6.07) is 14.4. The van der Waals surface area contributed by atoms with E-state index in [2.05, 4.69) is 30.9 Å². The Morgan fingerprint density at radius 3 is 2.78 bits per heavy atom. The molecular formula is C31H37NO5. The second-order valence-corrected chi connectivity index (χ2v) is 11.9. The first-order valence-electron chi connectivity index (χ1n) is 14.1. The molecular weight excluding hydrogens is 466 g/mol. The lowest BCUT2D eigenvalue weighted by molar-refractivity contribution is -0.259. The molecule has 1 saturated carbocycles. The molecule has 5 aliphatic rings. The van der Waals surface area contributed by atoms with Gasteiger partial charge in [0.25, 0.3) is 5.79 Å². The van der Waals surface area contributed by atoms with E-state index in [1.807, 2.05) is 24.3 Å². The minimum atomic E-state index is -1.40. The van der Waals surface area contributed by atoms with Crippen LogP contribution in [0.15, 0.2) is 42.5 Å². The number of hydrogen-bond donors (Lipinski definition) is 1. The van der Waals surface area contributed by atoms with Crippen molar-refractivity contribution in [2.75, 3.05) is 19.7 Å². The molecule has 2 aromatic carbocycles. The summed E-state index contributed by atoms with van der Waals surface area (Å²) < 4.78 is 19.6. The summed E-state index contributed by atoms with van der Waals surface area (Å²) in [5.74, 6) is -0.479. The zero-order valence-electron chi connectivity index (χ0n) is 21.8. The van der Waals surface area contributed by atoms with Crippen molar-refractivity contribution in [2.24, 2.45) is 5.92 Å². The average molecular weight is 504 g/mol. The number of nitrogens with zero attached hydrogens (tertiary/aromatic N) is 1. The number of benzene rings is 2. The monoisotopic (exact) mass is 503 g/mol. The minimum absolute atomic E-state index is 0.0191. The number of likely N-dealkylation sites (tertiary alicyclic amines) is 1. The second-order valence-electron chi connectivity index (χ2n) is 11.9. The van der Waals surface area contributed by atoms with E-state index < -0.39 is 11.2 Å². The van der Waals surface area contributed by atoms with Gasteiger partial charge in [0.2, 0.25) is 5.78 Å². The number of phenols is 1. The smallest absolute Gasteiger partial charge is 0.281 e. The Labute approximate surface area is 218 Å². The molecule has 1 N–H and O–H groups in total. The molecule has 7 atom stereocenters. The van der Waals surface area contributed by atoms with Crippen molar-refractivity contribution in [1.29, 1.82) is 0 Å². The van der Waals surface area contributed by atoms with Crippen molar-refractivity contribution in [3.63, 3.8) is 0 Å². The van der Waals surface area contributed by atoms with Gasteiger partial charge in [-0.25, -0.2) is 0 Å². The fourth-order valence-corrected chi connectivity index (χ4v) is 8.30. The standard InChI is InChI=1S/C31H37NO5/c1-19(21-7-4-3-5-8-21)20(2)36-31-27(34)13-11-24-25-17-22-10-12-26(33)29(37-31)28(22)30(24,31)14-15-32(25)18-23-9-6-16-35-23/h3-5,7-8,10,12,19-20,23-25,33H,6,9,11,13-18H2,1-2H3/t19?,20?,23?,24-,25+,30-,31?/m0/s1. The highest BCUT2D eigenvalue weighted by molar-refractivity contribution is 5.92. The van der Waals surface area contributed by atoms with Crippen molar-refractivity contribution in [3.05, 3.63) is 59.2 Å². The number of piperidine rings is 1. The minimum Gasteiger partial charge on any atom is -0.504 e. The zero-order chi connectivity index (χ0) is 25.4. The Balaban J connectivity index is 1.31. The van der Waals surface area contributed by atoms with Crippen LogP contribution in [-0.2, 0) is 26.1 Å². The number of rotatable bonds is 6. The van der Waals surface area contributed by atoms with Gasteiger partial charge in [0.15, 0.2) is 11.5 Å². The topological polar surface area (TPSA) is 68.2 Å². The first-order chi connectivity index (χ1) is 17.9. The SMILES string of the molecule is CC(OC12Oc3c(O)ccc4c3[C@@]13CCN(CC1CCCO1)[C@H](C4)[C@@H]3CCC2=O)C(C)c1ccccc1. The fraction of sp³-hybridized carbons (Fsp3) is 0.581. The molecule has 2 saturated heterocycles. The van der Waals surface area contributed by atoms with E-state index in [9.17, 15) is 9.90 Å². The molecule has 0 radical (unpaired) electrons. The van der Waals surface area contributed by atoms with Crippen LogP contribution < -0.4 is 4.74 Å². The molecule has 7 rings (SSSR count). The summed E-state index contributed by atoms with van der Waals surface area (Å²) in [6.07, 6.45) is 5.27. The van der Waals surface area contributed by atoms with Gasteiger partial charge in [0, 0.05) is 37.1 Å². The van der Waals surface area contributed by atoms with Gasteiger partial charge >= 0.3 is 0 Å². The van der Waals surface area contributed by atoms with Crippen molar-refractivity contribution in [2.45, 2.75) is 87.7 Å². The zero-order valence-corrected chi connectivity index (χ0v) is 21.8. The van der Waals surface area contributed by atoms with Gasteiger partial charge in [-0.05, 0) is 68.7 Å². The van der Waals surface area contributed by atoms with Crippen molar-refractivity contribution < 1.29 is 24.1 Å². The summed E-state index contributed by atoms with van der Waals surface area (Å²) in [5.41, 5.74) is 2.83. The third-order valence-electron chi connectivity index (χ3n) is 10.2. The van der Waals surface area contributed by atoms with Crippen LogP contribution in [0.4, 0.5) is 0 Å². The fourth-order valence-electron chi connectivity index (χ4n) is 8.30. The van der Waals surface area contributed by atoms with Crippen molar-refractivity contribution in [3.8, 4) is 11.5 Å². The van der Waals surface area contributed by atoms with Crippen LogP contribution in [0, 0.1) is 5.92 Å². The van der Waals surface area contributed by atoms with E-state index >= 15 is 0 Å². The highest BCUT2D eigenvalue weighted by atomic mass is 16.7. The van der Waals surface area contributed by atoms with E-state index in [1.54, 1.807) is 6.07 Å². The molecule has 4 unspecified atom stereocenters. The van der Waals surface area contributed by atoms with Crippen LogP contribution in [0.3, 0.4) is 0 Å². The number of Topliss-reactive ketones (excluding diaryl/α,β-unsaturated/α-hetero) is 1. The number of carbonyl (C=O) groups is 1. The number of aromatic hydroxyl groups is 1. The molecule has 2 aliphatic carbocycles. The molecule has 6 nitrogen and oxygen atoms in total. The number of ether oxygens (including phenoxy) is 3. The third-order valence-corrected chi connectivity index (χ3v) is 10.2. The largest absolute Gasteiger partial charge is 0.504 e. The van der Waals surface area contributed by atoms with E-state index in [-0.39, 0.29) is 29.5 Å². The predicted octanol–water partition coefficient (Wildman–Crippen LogP) is 4.72. The van der Waals surface area contributed by atoms with Gasteiger partial charge < -0.3 is 19.3 Å². The highest BCUT2D eigenvalue weighted by Gasteiger charge is 2.75. The Bertz CT molecular complexity index is 1210. The Morgan fingerprint density at radius 2 is 2.00 bits per heavy atom. The predicted molar refractivity (Wildman–Crippen MR) is 139 cm³/mol. The van der Waals surface area contributed by atoms with Crippen LogP contribution in [0.5, 0.6) is 11.5 Å². The summed E-state index contributed by atoms with van der Waals surface area (Å²) in [5, 5.41) is 11.0. The molecule has 1 spiro atoms. The molecule has 37 heavy (non-hydrogen) atoms.